The maximum Gasteiger partial charge on any atom is 0.416 e. The summed E-state index contributed by atoms with van der Waals surface area (Å²) in [7, 11) is 0. The molecule has 0 saturated heterocycles. The van der Waals surface area contributed by atoms with Gasteiger partial charge in [-0.15, -0.1) is 12.4 Å². The smallest absolute Gasteiger partial charge is 0.299 e. The van der Waals surface area contributed by atoms with E-state index in [4.69, 9.17) is 0 Å². The van der Waals surface area contributed by atoms with Gasteiger partial charge in [-0.2, -0.15) is 13.2 Å². The topological polar surface area (TPSA) is 3.24 Å². The molecule has 30 heavy (non-hydrogen) atoms. The van der Waals surface area contributed by atoms with Gasteiger partial charge in [-0.1, -0.05) is 67.6 Å². The molecule has 0 bridgehead atoms. The van der Waals surface area contributed by atoms with Gasteiger partial charge in [0.2, 0.25) is 0 Å². The molecule has 3 aromatic carbocycles. The summed E-state index contributed by atoms with van der Waals surface area (Å²) in [6.07, 6.45) is -1.45. The fourth-order valence-electron chi connectivity index (χ4n) is 4.04. The second-order valence-electron chi connectivity index (χ2n) is 7.83. The third-order valence-electron chi connectivity index (χ3n) is 5.73. The van der Waals surface area contributed by atoms with E-state index in [1.54, 1.807) is 6.07 Å². The number of hydrogen-bond acceptors (Lipinski definition) is 1. The molecule has 1 aliphatic rings. The van der Waals surface area contributed by atoms with E-state index >= 15 is 0 Å². The molecular weight excluding hydrogens is 407 g/mol. The number of alkyl halides is 3. The van der Waals surface area contributed by atoms with Crippen LogP contribution in [0.1, 0.15) is 36.0 Å². The lowest BCUT2D eigenvalue weighted by atomic mass is 9.95. The number of benzene rings is 3. The highest BCUT2D eigenvalue weighted by Gasteiger charge is 2.30. The quantitative estimate of drug-likeness (QED) is 0.423. The summed E-state index contributed by atoms with van der Waals surface area (Å²) in [6, 6.07) is 20.6. The number of fused-ring (bicyclic) bond motifs is 1. The molecule has 0 spiro atoms. The van der Waals surface area contributed by atoms with Crippen molar-refractivity contribution < 1.29 is 13.2 Å². The van der Waals surface area contributed by atoms with Gasteiger partial charge in [0.15, 0.2) is 0 Å². The van der Waals surface area contributed by atoms with E-state index in [1.165, 1.54) is 28.5 Å². The first-order valence-electron chi connectivity index (χ1n) is 9.98. The van der Waals surface area contributed by atoms with Crippen molar-refractivity contribution in [3.63, 3.8) is 0 Å². The van der Waals surface area contributed by atoms with Gasteiger partial charge in [-0.05, 0) is 51.9 Å². The van der Waals surface area contributed by atoms with Gasteiger partial charge in [0, 0.05) is 19.6 Å². The molecule has 0 aliphatic carbocycles. The van der Waals surface area contributed by atoms with E-state index in [0.29, 0.717) is 11.5 Å². The van der Waals surface area contributed by atoms with Crippen molar-refractivity contribution in [2.24, 2.45) is 0 Å². The second kappa shape index (κ2) is 9.23. The monoisotopic (exact) mass is 431 g/mol. The Morgan fingerprint density at radius 3 is 2.40 bits per heavy atom. The van der Waals surface area contributed by atoms with Gasteiger partial charge in [0.05, 0.1) is 5.56 Å². The highest BCUT2D eigenvalue weighted by molar-refractivity contribution is 5.85. The Morgan fingerprint density at radius 1 is 0.933 bits per heavy atom. The molecule has 0 saturated carbocycles. The van der Waals surface area contributed by atoms with Crippen molar-refractivity contribution in [2.75, 3.05) is 19.6 Å². The van der Waals surface area contributed by atoms with Gasteiger partial charge in [0.25, 0.3) is 0 Å². The van der Waals surface area contributed by atoms with Crippen LogP contribution < -0.4 is 0 Å². The Morgan fingerprint density at radius 2 is 1.70 bits per heavy atom. The summed E-state index contributed by atoms with van der Waals surface area (Å²) < 4.78 is 38.9. The highest BCUT2D eigenvalue weighted by atomic mass is 35.5. The maximum absolute atomic E-state index is 13.0. The number of nitrogens with zero attached hydrogens (tertiary/aromatic N) is 1. The molecule has 1 aliphatic heterocycles. The molecule has 5 heteroatoms. The average Bonchev–Trinajstić information content (AvgIpc) is 2.73. The van der Waals surface area contributed by atoms with Crippen molar-refractivity contribution in [3.05, 3.63) is 89.5 Å². The van der Waals surface area contributed by atoms with Crippen LogP contribution in [0.25, 0.3) is 16.3 Å². The van der Waals surface area contributed by atoms with Crippen LogP contribution in [-0.4, -0.2) is 24.5 Å². The number of halogens is 4. The molecule has 3 aromatic rings. The molecule has 1 unspecified atom stereocenters. The van der Waals surface area contributed by atoms with Gasteiger partial charge in [-0.25, -0.2) is 0 Å². The first-order valence-corrected chi connectivity index (χ1v) is 9.98. The first-order chi connectivity index (χ1) is 13.9. The molecule has 0 fully saturated rings. The van der Waals surface area contributed by atoms with Crippen LogP contribution in [0.5, 0.6) is 0 Å². The standard InChI is InChI=1S/C25H24F3N.ClH/c1-18(21-10-9-19-5-2-3-6-22(19)15-21)17-29-13-11-20(12-14-29)23-7-4-8-24(16-23)25(26,27)28;/h2-11,15-16,18H,12-14,17H2,1H3;1H. The summed E-state index contributed by atoms with van der Waals surface area (Å²) in [4.78, 5) is 2.37. The summed E-state index contributed by atoms with van der Waals surface area (Å²) in [5, 5.41) is 2.50. The van der Waals surface area contributed by atoms with E-state index < -0.39 is 11.7 Å². The third kappa shape index (κ3) is 5.05. The van der Waals surface area contributed by atoms with Crippen molar-refractivity contribution in [1.82, 2.24) is 4.90 Å². The lowest BCUT2D eigenvalue weighted by molar-refractivity contribution is -0.137. The molecule has 0 amide bonds. The molecule has 1 atom stereocenters. The van der Waals surface area contributed by atoms with Crippen LogP contribution in [0.2, 0.25) is 0 Å². The fourth-order valence-corrected chi connectivity index (χ4v) is 4.04. The summed E-state index contributed by atoms with van der Waals surface area (Å²) in [5.41, 5.74) is 2.42. The van der Waals surface area contributed by atoms with Crippen LogP contribution >= 0.6 is 12.4 Å². The molecule has 0 radical (unpaired) electrons. The Balaban J connectivity index is 0.00000256. The minimum atomic E-state index is -4.30. The normalized spacial score (nSPS) is 16.1. The van der Waals surface area contributed by atoms with E-state index in [9.17, 15) is 13.2 Å². The van der Waals surface area contributed by atoms with Crippen LogP contribution in [-0.2, 0) is 6.18 Å². The van der Waals surface area contributed by atoms with E-state index in [1.807, 2.05) is 6.07 Å². The minimum Gasteiger partial charge on any atom is -0.299 e. The van der Waals surface area contributed by atoms with Crippen LogP contribution in [0, 0.1) is 0 Å². The number of hydrogen-bond donors (Lipinski definition) is 0. The molecular formula is C25H25ClF3N. The zero-order valence-corrected chi connectivity index (χ0v) is 17.6. The van der Waals surface area contributed by atoms with E-state index in [0.717, 1.165) is 37.7 Å². The minimum absolute atomic E-state index is 0. The van der Waals surface area contributed by atoms with Gasteiger partial charge >= 0.3 is 6.18 Å². The second-order valence-corrected chi connectivity index (χ2v) is 7.83. The molecule has 4 rings (SSSR count). The molecule has 0 aromatic heterocycles. The zero-order chi connectivity index (χ0) is 20.4. The largest absolute Gasteiger partial charge is 0.416 e. The number of rotatable bonds is 4. The fraction of sp³-hybridized carbons (Fsp3) is 0.280. The Hall–Kier alpha value is -2.30. The Kier molecular flexibility index (Phi) is 6.89. The van der Waals surface area contributed by atoms with Crippen LogP contribution in [0.3, 0.4) is 0 Å². The lowest BCUT2D eigenvalue weighted by Crippen LogP contribution is -2.32. The SMILES string of the molecule is CC(CN1CC=C(c2cccc(C(F)(F)F)c2)CC1)c1ccc2ccccc2c1.Cl. The Labute approximate surface area is 181 Å². The molecule has 1 heterocycles. The van der Waals surface area contributed by atoms with Gasteiger partial charge in [-0.3, -0.25) is 4.90 Å². The summed E-state index contributed by atoms with van der Waals surface area (Å²) >= 11 is 0. The van der Waals surface area contributed by atoms with Crippen LogP contribution in [0.4, 0.5) is 13.2 Å². The summed E-state index contributed by atoms with van der Waals surface area (Å²) in [5.74, 6) is 0.392. The van der Waals surface area contributed by atoms with Crippen LogP contribution in [0.15, 0.2) is 72.8 Å². The zero-order valence-electron chi connectivity index (χ0n) is 16.8. The first kappa shape index (κ1) is 22.4. The predicted molar refractivity (Wildman–Crippen MR) is 120 cm³/mol. The summed E-state index contributed by atoms with van der Waals surface area (Å²) in [6.45, 7) is 4.80. The third-order valence-corrected chi connectivity index (χ3v) is 5.73. The molecule has 1 nitrogen and oxygen atoms in total. The van der Waals surface area contributed by atoms with E-state index in [2.05, 4.69) is 54.3 Å². The van der Waals surface area contributed by atoms with Gasteiger partial charge in [0.1, 0.15) is 0 Å². The van der Waals surface area contributed by atoms with E-state index in [-0.39, 0.29) is 12.4 Å². The predicted octanol–water partition coefficient (Wildman–Crippen LogP) is 7.17. The maximum atomic E-state index is 13.0. The van der Waals surface area contributed by atoms with Crippen molar-refractivity contribution in [1.29, 1.82) is 0 Å². The average molecular weight is 432 g/mol. The van der Waals surface area contributed by atoms with Gasteiger partial charge < -0.3 is 0 Å². The van der Waals surface area contributed by atoms with Crippen molar-refractivity contribution in [2.45, 2.75) is 25.4 Å². The lowest BCUT2D eigenvalue weighted by Gasteiger charge is -2.29. The highest BCUT2D eigenvalue weighted by Crippen LogP contribution is 2.32. The molecule has 158 valence electrons. The van der Waals surface area contributed by atoms with Crippen molar-refractivity contribution >= 4 is 28.8 Å². The Bertz CT molecular complexity index is 1040. The molecule has 0 N–H and O–H groups in total. The van der Waals surface area contributed by atoms with Crippen molar-refractivity contribution in [3.8, 4) is 0 Å².